The molecule has 3 aliphatic carbocycles. The summed E-state index contributed by atoms with van der Waals surface area (Å²) >= 11 is 0. The first kappa shape index (κ1) is 8.75. The molecule has 0 aromatic carbocycles. The minimum Gasteiger partial charge on any atom is -0.462 e. The molecule has 0 aromatic heterocycles. The molecule has 3 aliphatic rings. The third-order valence-electron chi connectivity index (χ3n) is 4.69. The van der Waals surface area contributed by atoms with Crippen molar-refractivity contribution in [2.75, 3.05) is 0 Å². The van der Waals surface area contributed by atoms with Crippen molar-refractivity contribution >= 4 is 5.97 Å². The van der Waals surface area contributed by atoms with Crippen LogP contribution in [0.15, 0.2) is 0 Å². The number of carbonyl (C=O) groups excluding carboxylic acids is 1. The Balaban J connectivity index is 1.79. The normalized spacial score (nSPS) is 49.4. The van der Waals surface area contributed by atoms with Crippen molar-refractivity contribution in [3.05, 3.63) is 0 Å². The number of hydrogen-bond donors (Lipinski definition) is 0. The molecule has 0 aromatic rings. The summed E-state index contributed by atoms with van der Waals surface area (Å²) in [5.41, 5.74) is 0. The van der Waals surface area contributed by atoms with Crippen LogP contribution in [0.5, 0.6) is 0 Å². The molecular weight excluding hydrogens is 176 g/mol. The van der Waals surface area contributed by atoms with Gasteiger partial charge in [-0.15, -0.1) is 0 Å². The van der Waals surface area contributed by atoms with Crippen LogP contribution in [0.2, 0.25) is 0 Å². The van der Waals surface area contributed by atoms with E-state index in [1.54, 1.807) is 6.92 Å². The minimum atomic E-state index is -0.0836. The van der Waals surface area contributed by atoms with Crippen molar-refractivity contribution in [1.82, 2.24) is 0 Å². The summed E-state index contributed by atoms with van der Waals surface area (Å²) in [6.45, 7) is 1.54. The number of hydrogen-bond acceptors (Lipinski definition) is 2. The first-order valence-electron chi connectivity index (χ1n) is 5.93. The van der Waals surface area contributed by atoms with Gasteiger partial charge in [0.25, 0.3) is 0 Å². The fourth-order valence-electron chi connectivity index (χ4n) is 4.36. The van der Waals surface area contributed by atoms with Crippen molar-refractivity contribution in [1.29, 1.82) is 0 Å². The van der Waals surface area contributed by atoms with Crippen molar-refractivity contribution in [3.63, 3.8) is 0 Å². The molecule has 4 bridgehead atoms. The van der Waals surface area contributed by atoms with Gasteiger partial charge in [-0.3, -0.25) is 4.79 Å². The second kappa shape index (κ2) is 2.98. The van der Waals surface area contributed by atoms with E-state index in [0.717, 1.165) is 30.1 Å². The van der Waals surface area contributed by atoms with E-state index in [-0.39, 0.29) is 12.1 Å². The van der Waals surface area contributed by atoms with Crippen molar-refractivity contribution in [2.24, 2.45) is 23.7 Å². The summed E-state index contributed by atoms with van der Waals surface area (Å²) in [6.07, 6.45) is 6.91. The highest BCUT2D eigenvalue weighted by atomic mass is 16.5. The smallest absolute Gasteiger partial charge is 0.302 e. The Morgan fingerprint density at radius 1 is 1.14 bits per heavy atom. The van der Waals surface area contributed by atoms with E-state index in [1.165, 1.54) is 25.7 Å². The van der Waals surface area contributed by atoms with Gasteiger partial charge in [0.15, 0.2) is 0 Å². The molecule has 2 heteroatoms. The van der Waals surface area contributed by atoms with E-state index in [0.29, 0.717) is 0 Å². The third kappa shape index (κ3) is 1.12. The molecule has 0 aliphatic heterocycles. The molecule has 5 atom stereocenters. The Bertz CT molecular complexity index is 261. The van der Waals surface area contributed by atoms with Gasteiger partial charge in [0.2, 0.25) is 0 Å². The van der Waals surface area contributed by atoms with Gasteiger partial charge in [0.1, 0.15) is 6.10 Å². The van der Waals surface area contributed by atoms with Gasteiger partial charge in [-0.2, -0.15) is 0 Å². The van der Waals surface area contributed by atoms with E-state index in [4.69, 9.17) is 4.74 Å². The van der Waals surface area contributed by atoms with Crippen LogP contribution in [0, 0.1) is 23.7 Å². The van der Waals surface area contributed by atoms with E-state index in [2.05, 4.69) is 0 Å². The maximum atomic E-state index is 11.0. The Morgan fingerprint density at radius 3 is 2.71 bits per heavy atom. The van der Waals surface area contributed by atoms with Crippen LogP contribution >= 0.6 is 0 Å². The van der Waals surface area contributed by atoms with E-state index in [9.17, 15) is 4.79 Å². The van der Waals surface area contributed by atoms with E-state index < -0.39 is 0 Å². The van der Waals surface area contributed by atoms with Crippen LogP contribution in [0.4, 0.5) is 0 Å². The maximum Gasteiger partial charge on any atom is 0.302 e. The van der Waals surface area contributed by atoms with Gasteiger partial charge in [0.05, 0.1) is 0 Å². The van der Waals surface area contributed by atoms with Crippen LogP contribution < -0.4 is 0 Å². The molecule has 3 rings (SSSR count). The van der Waals surface area contributed by atoms with Gasteiger partial charge < -0.3 is 4.74 Å². The topological polar surface area (TPSA) is 26.3 Å². The first-order chi connectivity index (χ1) is 6.75. The highest BCUT2D eigenvalue weighted by Gasteiger charge is 2.54. The number of rotatable bonds is 1. The van der Waals surface area contributed by atoms with Crippen LogP contribution in [0.25, 0.3) is 0 Å². The monoisotopic (exact) mass is 194 g/mol. The average Bonchev–Trinajstić information content (AvgIpc) is 2.65. The van der Waals surface area contributed by atoms with Gasteiger partial charge >= 0.3 is 5.97 Å². The number of carbonyl (C=O) groups is 1. The fraction of sp³-hybridized carbons (Fsp3) is 0.917. The van der Waals surface area contributed by atoms with Crippen molar-refractivity contribution < 1.29 is 9.53 Å². The van der Waals surface area contributed by atoms with Crippen LogP contribution in [0.1, 0.15) is 39.0 Å². The molecule has 14 heavy (non-hydrogen) atoms. The molecule has 0 heterocycles. The fourth-order valence-corrected chi connectivity index (χ4v) is 4.36. The van der Waals surface area contributed by atoms with E-state index in [1.807, 2.05) is 0 Å². The molecule has 3 fully saturated rings. The molecule has 0 saturated heterocycles. The first-order valence-corrected chi connectivity index (χ1v) is 5.93. The second-order valence-electron chi connectivity index (χ2n) is 5.30. The lowest BCUT2D eigenvalue weighted by molar-refractivity contribution is -0.152. The van der Waals surface area contributed by atoms with Crippen LogP contribution in [-0.4, -0.2) is 12.1 Å². The average molecular weight is 194 g/mol. The van der Waals surface area contributed by atoms with Crippen LogP contribution in [0.3, 0.4) is 0 Å². The molecular formula is C12H18O2. The molecule has 5 unspecified atom stereocenters. The lowest BCUT2D eigenvalue weighted by Gasteiger charge is -2.33. The maximum absolute atomic E-state index is 11.0. The number of esters is 1. The van der Waals surface area contributed by atoms with E-state index >= 15 is 0 Å². The van der Waals surface area contributed by atoms with Crippen molar-refractivity contribution in [3.8, 4) is 0 Å². The molecule has 0 spiro atoms. The number of ether oxygens (including phenoxy) is 1. The largest absolute Gasteiger partial charge is 0.462 e. The zero-order valence-corrected chi connectivity index (χ0v) is 8.74. The van der Waals surface area contributed by atoms with Crippen molar-refractivity contribution in [2.45, 2.75) is 45.1 Å². The molecule has 2 nitrogen and oxygen atoms in total. The standard InChI is InChI=1S/C12H18O2/c1-7(13)14-11-5-3-8-6-9-2-4-10(8)12(9)11/h8-12H,2-6H2,1H3. The molecule has 0 amide bonds. The summed E-state index contributed by atoms with van der Waals surface area (Å²) in [5, 5.41) is 0. The summed E-state index contributed by atoms with van der Waals surface area (Å²) in [4.78, 5) is 11.0. The summed E-state index contributed by atoms with van der Waals surface area (Å²) < 4.78 is 5.46. The summed E-state index contributed by atoms with van der Waals surface area (Å²) in [5.74, 6) is 3.41. The Hall–Kier alpha value is -0.530. The lowest BCUT2D eigenvalue weighted by atomic mass is 9.77. The molecule has 0 radical (unpaired) electrons. The lowest BCUT2D eigenvalue weighted by Crippen LogP contribution is -2.33. The predicted octanol–water partition coefficient (Wildman–Crippen LogP) is 2.37. The Labute approximate surface area is 85.0 Å². The zero-order chi connectivity index (χ0) is 9.71. The van der Waals surface area contributed by atoms with Crippen LogP contribution in [-0.2, 0) is 9.53 Å². The molecule has 78 valence electrons. The quantitative estimate of drug-likeness (QED) is 0.599. The second-order valence-corrected chi connectivity index (χ2v) is 5.30. The SMILES string of the molecule is CC(=O)OC1CCC2CC3CCC2C31. The van der Waals surface area contributed by atoms with Gasteiger partial charge in [0, 0.05) is 12.8 Å². The highest BCUT2D eigenvalue weighted by molar-refractivity contribution is 5.66. The summed E-state index contributed by atoms with van der Waals surface area (Å²) in [7, 11) is 0. The predicted molar refractivity (Wildman–Crippen MR) is 52.6 cm³/mol. The molecule has 3 saturated carbocycles. The zero-order valence-electron chi connectivity index (χ0n) is 8.74. The van der Waals surface area contributed by atoms with Gasteiger partial charge in [-0.05, 0) is 49.9 Å². The molecule has 0 N–H and O–H groups in total. The Kier molecular flexibility index (Phi) is 1.86. The summed E-state index contributed by atoms with van der Waals surface area (Å²) in [6, 6.07) is 0. The Morgan fingerprint density at radius 2 is 1.93 bits per heavy atom. The minimum absolute atomic E-state index is 0.0836. The van der Waals surface area contributed by atoms with Gasteiger partial charge in [-0.25, -0.2) is 0 Å². The highest BCUT2D eigenvalue weighted by Crippen LogP contribution is 2.59. The van der Waals surface area contributed by atoms with Gasteiger partial charge in [-0.1, -0.05) is 0 Å². The third-order valence-corrected chi connectivity index (χ3v) is 4.69.